The standard InChI is InChI=1S/C16H20N8/c1-10-6-12(15-20-22-23-21-15)7-11(2)13(10)8-24-5-3-4-14(24)16-17-9-18-19-16/h6-7,9,14H,3-5,8H2,1-2H3,(H,17,18,19)(H,20,21,22,23)/t14-/m0/s1. The van der Waals surface area contributed by atoms with E-state index < -0.39 is 0 Å². The number of aromatic amines is 2. The summed E-state index contributed by atoms with van der Waals surface area (Å²) in [6, 6.07) is 4.59. The molecule has 8 heteroatoms. The second-order valence-corrected chi connectivity index (χ2v) is 6.32. The van der Waals surface area contributed by atoms with Crippen molar-refractivity contribution in [2.75, 3.05) is 6.54 Å². The summed E-state index contributed by atoms with van der Waals surface area (Å²) in [6.45, 7) is 6.28. The molecule has 2 N–H and O–H groups in total. The Morgan fingerprint density at radius 2 is 2.08 bits per heavy atom. The molecule has 1 aliphatic heterocycles. The van der Waals surface area contributed by atoms with Crippen LogP contribution in [-0.4, -0.2) is 47.3 Å². The summed E-state index contributed by atoms with van der Waals surface area (Å²) < 4.78 is 0. The summed E-state index contributed by atoms with van der Waals surface area (Å²) in [5.74, 6) is 1.60. The second-order valence-electron chi connectivity index (χ2n) is 6.32. The van der Waals surface area contributed by atoms with E-state index in [2.05, 4.69) is 66.7 Å². The van der Waals surface area contributed by atoms with Crippen molar-refractivity contribution in [2.24, 2.45) is 0 Å². The summed E-state index contributed by atoms with van der Waals surface area (Å²) in [5.41, 5.74) is 4.85. The SMILES string of the molecule is Cc1cc(-c2nn[nH]n2)cc(C)c1CN1CCC[C@H]1c1ncn[nH]1. The monoisotopic (exact) mass is 324 g/mol. The van der Waals surface area contributed by atoms with Crippen LogP contribution in [0, 0.1) is 13.8 Å². The first-order valence-electron chi connectivity index (χ1n) is 8.15. The van der Waals surface area contributed by atoms with Gasteiger partial charge in [-0.25, -0.2) is 4.98 Å². The molecule has 124 valence electrons. The van der Waals surface area contributed by atoms with Crippen LogP contribution in [0.25, 0.3) is 11.4 Å². The van der Waals surface area contributed by atoms with Crippen molar-refractivity contribution in [3.05, 3.63) is 41.0 Å². The first-order chi connectivity index (χ1) is 11.7. The van der Waals surface area contributed by atoms with Crippen molar-refractivity contribution in [1.29, 1.82) is 0 Å². The fraction of sp³-hybridized carbons (Fsp3) is 0.438. The van der Waals surface area contributed by atoms with E-state index in [0.29, 0.717) is 11.9 Å². The van der Waals surface area contributed by atoms with Crippen LogP contribution in [0.3, 0.4) is 0 Å². The fourth-order valence-corrected chi connectivity index (χ4v) is 3.56. The zero-order valence-corrected chi connectivity index (χ0v) is 13.8. The van der Waals surface area contributed by atoms with Crippen LogP contribution in [0.4, 0.5) is 0 Å². The Morgan fingerprint density at radius 1 is 1.25 bits per heavy atom. The fourth-order valence-electron chi connectivity index (χ4n) is 3.56. The third-order valence-corrected chi connectivity index (χ3v) is 4.77. The Kier molecular flexibility index (Phi) is 3.81. The highest BCUT2D eigenvalue weighted by molar-refractivity contribution is 5.58. The summed E-state index contributed by atoms with van der Waals surface area (Å²) in [4.78, 5) is 6.82. The Hall–Kier alpha value is -2.61. The molecule has 24 heavy (non-hydrogen) atoms. The quantitative estimate of drug-likeness (QED) is 0.761. The van der Waals surface area contributed by atoms with Gasteiger partial charge in [-0.2, -0.15) is 10.3 Å². The molecule has 0 spiro atoms. The summed E-state index contributed by atoms with van der Waals surface area (Å²) >= 11 is 0. The van der Waals surface area contributed by atoms with Gasteiger partial charge in [0.05, 0.1) is 6.04 Å². The van der Waals surface area contributed by atoms with Gasteiger partial charge in [0.15, 0.2) is 0 Å². The van der Waals surface area contributed by atoms with E-state index in [1.165, 1.54) is 23.1 Å². The lowest BCUT2D eigenvalue weighted by Crippen LogP contribution is -2.24. The number of benzene rings is 1. The predicted octanol–water partition coefficient (Wildman–Crippen LogP) is 1.94. The molecule has 8 nitrogen and oxygen atoms in total. The van der Waals surface area contributed by atoms with Crippen molar-refractivity contribution in [1.82, 2.24) is 40.7 Å². The molecule has 1 atom stereocenters. The van der Waals surface area contributed by atoms with E-state index in [1.807, 2.05) is 0 Å². The maximum absolute atomic E-state index is 4.35. The Bertz CT molecular complexity index is 786. The van der Waals surface area contributed by atoms with E-state index in [-0.39, 0.29) is 0 Å². The Labute approximate surface area is 139 Å². The molecule has 1 saturated heterocycles. The van der Waals surface area contributed by atoms with Gasteiger partial charge in [-0.15, -0.1) is 10.2 Å². The number of aromatic nitrogens is 7. The third kappa shape index (κ3) is 2.69. The Morgan fingerprint density at radius 3 is 2.75 bits per heavy atom. The van der Waals surface area contributed by atoms with Crippen LogP contribution < -0.4 is 0 Å². The van der Waals surface area contributed by atoms with Crippen molar-refractivity contribution in [2.45, 2.75) is 39.3 Å². The largest absolute Gasteiger partial charge is 0.289 e. The number of rotatable bonds is 4. The molecule has 0 aliphatic carbocycles. The number of hydrogen-bond donors (Lipinski definition) is 2. The maximum atomic E-state index is 4.35. The van der Waals surface area contributed by atoms with Crippen LogP contribution in [0.15, 0.2) is 18.5 Å². The van der Waals surface area contributed by atoms with Crippen LogP contribution in [0.2, 0.25) is 0 Å². The maximum Gasteiger partial charge on any atom is 0.204 e. The lowest BCUT2D eigenvalue weighted by Gasteiger charge is -2.24. The number of nitrogens with one attached hydrogen (secondary N) is 2. The van der Waals surface area contributed by atoms with Gasteiger partial charge in [0.1, 0.15) is 12.2 Å². The van der Waals surface area contributed by atoms with Crippen molar-refractivity contribution in [3.63, 3.8) is 0 Å². The lowest BCUT2D eigenvalue weighted by molar-refractivity contribution is 0.239. The van der Waals surface area contributed by atoms with Gasteiger partial charge in [0.2, 0.25) is 5.82 Å². The second kappa shape index (κ2) is 6.12. The van der Waals surface area contributed by atoms with Gasteiger partial charge >= 0.3 is 0 Å². The van der Waals surface area contributed by atoms with Crippen LogP contribution in [0.5, 0.6) is 0 Å². The molecule has 0 amide bonds. The molecule has 0 unspecified atom stereocenters. The van der Waals surface area contributed by atoms with E-state index in [1.54, 1.807) is 6.33 Å². The van der Waals surface area contributed by atoms with Crippen LogP contribution in [0.1, 0.15) is 41.4 Å². The third-order valence-electron chi connectivity index (χ3n) is 4.77. The van der Waals surface area contributed by atoms with Crippen molar-refractivity contribution < 1.29 is 0 Å². The van der Waals surface area contributed by atoms with Crippen molar-refractivity contribution >= 4 is 0 Å². The Balaban J connectivity index is 1.60. The van der Waals surface area contributed by atoms with Gasteiger partial charge in [-0.05, 0) is 67.3 Å². The first-order valence-corrected chi connectivity index (χ1v) is 8.15. The number of tetrazole rings is 1. The average Bonchev–Trinajstić information content (AvgIpc) is 3.32. The normalized spacial score (nSPS) is 18.3. The average molecular weight is 324 g/mol. The highest BCUT2D eigenvalue weighted by atomic mass is 15.5. The van der Waals surface area contributed by atoms with E-state index in [4.69, 9.17) is 0 Å². The minimum Gasteiger partial charge on any atom is -0.289 e. The molecule has 0 radical (unpaired) electrons. The molecular formula is C16H20N8. The lowest BCUT2D eigenvalue weighted by atomic mass is 9.98. The minimum absolute atomic E-state index is 0.322. The van der Waals surface area contributed by atoms with Crippen LogP contribution >= 0.6 is 0 Å². The van der Waals surface area contributed by atoms with Crippen LogP contribution in [-0.2, 0) is 6.54 Å². The van der Waals surface area contributed by atoms with Gasteiger partial charge < -0.3 is 0 Å². The molecule has 2 aromatic heterocycles. The number of H-pyrrole nitrogens is 2. The molecule has 1 aromatic carbocycles. The number of hydrogen-bond acceptors (Lipinski definition) is 6. The van der Waals surface area contributed by atoms with Gasteiger partial charge in [-0.1, -0.05) is 0 Å². The molecule has 3 heterocycles. The molecular weight excluding hydrogens is 304 g/mol. The molecule has 0 saturated carbocycles. The predicted molar refractivity (Wildman–Crippen MR) is 87.9 cm³/mol. The highest BCUT2D eigenvalue weighted by Crippen LogP contribution is 2.33. The van der Waals surface area contributed by atoms with Gasteiger partial charge in [0, 0.05) is 12.1 Å². The van der Waals surface area contributed by atoms with E-state index in [0.717, 1.165) is 30.9 Å². The number of nitrogens with zero attached hydrogens (tertiary/aromatic N) is 6. The highest BCUT2D eigenvalue weighted by Gasteiger charge is 2.28. The molecule has 3 aromatic rings. The molecule has 1 fully saturated rings. The zero-order chi connectivity index (χ0) is 16.5. The molecule has 1 aliphatic rings. The van der Waals surface area contributed by atoms with Crippen molar-refractivity contribution in [3.8, 4) is 11.4 Å². The molecule has 4 rings (SSSR count). The summed E-state index contributed by atoms with van der Waals surface area (Å²) in [5, 5.41) is 21.3. The van der Waals surface area contributed by atoms with Gasteiger partial charge in [0.25, 0.3) is 0 Å². The zero-order valence-electron chi connectivity index (χ0n) is 13.8. The van der Waals surface area contributed by atoms with E-state index in [9.17, 15) is 0 Å². The summed E-state index contributed by atoms with van der Waals surface area (Å²) in [6.07, 6.45) is 3.89. The number of likely N-dealkylation sites (tertiary alicyclic amines) is 1. The first kappa shape index (κ1) is 14.9. The summed E-state index contributed by atoms with van der Waals surface area (Å²) in [7, 11) is 0. The topological polar surface area (TPSA) is 99.3 Å². The minimum atomic E-state index is 0.322. The smallest absolute Gasteiger partial charge is 0.204 e. The number of aryl methyl sites for hydroxylation is 2. The van der Waals surface area contributed by atoms with Gasteiger partial charge in [-0.3, -0.25) is 10.00 Å². The molecule has 0 bridgehead atoms. The van der Waals surface area contributed by atoms with E-state index >= 15 is 0 Å².